The van der Waals surface area contributed by atoms with Gasteiger partial charge in [0, 0.05) is 44.5 Å². The third-order valence-corrected chi connectivity index (χ3v) is 3.60. The highest BCUT2D eigenvalue weighted by Crippen LogP contribution is 2.15. The minimum atomic E-state index is 0.402. The number of aryl methyl sites for hydroxylation is 1. The average Bonchev–Trinajstić information content (AvgIpc) is 2.63. The topological polar surface area (TPSA) is 47.1 Å². The molecule has 2 rings (SSSR count). The Balaban J connectivity index is 1.84. The van der Waals surface area contributed by atoms with Gasteiger partial charge in [-0.2, -0.15) is 0 Å². The molecule has 90 valence electrons. The number of aromatic nitrogens is 2. The van der Waals surface area contributed by atoms with Crippen LogP contribution in [0.3, 0.4) is 0 Å². The second-order valence-electron chi connectivity index (χ2n) is 4.87. The summed E-state index contributed by atoms with van der Waals surface area (Å²) in [6.45, 7) is 4.50. The predicted octanol–water partition coefficient (Wildman–Crippen LogP) is 0.774. The van der Waals surface area contributed by atoms with Crippen LogP contribution >= 0.6 is 0 Å². The van der Waals surface area contributed by atoms with Gasteiger partial charge in [-0.1, -0.05) is 0 Å². The molecule has 1 saturated heterocycles. The lowest BCUT2D eigenvalue weighted by molar-refractivity contribution is 0.148. The van der Waals surface area contributed by atoms with Gasteiger partial charge < -0.3 is 15.2 Å². The van der Waals surface area contributed by atoms with Crippen LogP contribution in [0.4, 0.5) is 0 Å². The normalized spacial score (nSPS) is 27.2. The summed E-state index contributed by atoms with van der Waals surface area (Å²) in [5.74, 6) is 1.17. The molecule has 0 saturated carbocycles. The molecular weight excluding hydrogens is 200 g/mol. The van der Waals surface area contributed by atoms with Gasteiger partial charge in [-0.15, -0.1) is 0 Å². The lowest BCUT2D eigenvalue weighted by atomic mass is 9.99. The first kappa shape index (κ1) is 11.6. The van der Waals surface area contributed by atoms with E-state index in [0.717, 1.165) is 32.4 Å². The van der Waals surface area contributed by atoms with Crippen molar-refractivity contribution in [3.05, 3.63) is 18.2 Å². The highest BCUT2D eigenvalue weighted by molar-refractivity contribution is 4.92. The van der Waals surface area contributed by atoms with Gasteiger partial charge in [0.25, 0.3) is 0 Å². The zero-order valence-corrected chi connectivity index (χ0v) is 10.3. The SMILES string of the molecule is CC1CC(N)CCN1CCc1nccn1C. The van der Waals surface area contributed by atoms with Gasteiger partial charge in [-0.3, -0.25) is 0 Å². The van der Waals surface area contributed by atoms with Crippen LogP contribution in [-0.4, -0.2) is 39.6 Å². The van der Waals surface area contributed by atoms with Crippen molar-refractivity contribution in [1.82, 2.24) is 14.5 Å². The first-order valence-electron chi connectivity index (χ1n) is 6.12. The third kappa shape index (κ3) is 2.62. The Morgan fingerprint density at radius 3 is 3.00 bits per heavy atom. The number of rotatable bonds is 3. The molecule has 0 radical (unpaired) electrons. The van der Waals surface area contributed by atoms with Crippen LogP contribution in [0.1, 0.15) is 25.6 Å². The van der Waals surface area contributed by atoms with E-state index >= 15 is 0 Å². The molecule has 2 atom stereocenters. The first-order valence-corrected chi connectivity index (χ1v) is 6.12. The summed E-state index contributed by atoms with van der Waals surface area (Å²) < 4.78 is 2.10. The Kier molecular flexibility index (Phi) is 3.61. The molecule has 0 bridgehead atoms. The lowest BCUT2D eigenvalue weighted by Crippen LogP contribution is -2.46. The van der Waals surface area contributed by atoms with Crippen LogP contribution in [0.15, 0.2) is 12.4 Å². The van der Waals surface area contributed by atoms with Crippen molar-refractivity contribution in [3.8, 4) is 0 Å². The van der Waals surface area contributed by atoms with Gasteiger partial charge in [-0.25, -0.2) is 4.98 Å². The van der Waals surface area contributed by atoms with E-state index in [1.165, 1.54) is 5.82 Å². The Morgan fingerprint density at radius 1 is 1.56 bits per heavy atom. The van der Waals surface area contributed by atoms with E-state index in [0.29, 0.717) is 12.1 Å². The summed E-state index contributed by atoms with van der Waals surface area (Å²) >= 11 is 0. The molecule has 2 heterocycles. The van der Waals surface area contributed by atoms with Gasteiger partial charge >= 0.3 is 0 Å². The fourth-order valence-corrected chi connectivity index (χ4v) is 2.47. The van der Waals surface area contributed by atoms with Gasteiger partial charge in [0.15, 0.2) is 0 Å². The summed E-state index contributed by atoms with van der Waals surface area (Å²) in [5.41, 5.74) is 5.96. The number of likely N-dealkylation sites (tertiary alicyclic amines) is 1. The maximum absolute atomic E-state index is 5.96. The Labute approximate surface area is 97.4 Å². The zero-order valence-electron chi connectivity index (χ0n) is 10.3. The number of hydrogen-bond acceptors (Lipinski definition) is 3. The molecule has 16 heavy (non-hydrogen) atoms. The summed E-state index contributed by atoms with van der Waals surface area (Å²) in [7, 11) is 2.05. The quantitative estimate of drug-likeness (QED) is 0.822. The van der Waals surface area contributed by atoms with Gasteiger partial charge in [-0.05, 0) is 26.3 Å². The van der Waals surface area contributed by atoms with Crippen LogP contribution in [0.25, 0.3) is 0 Å². The summed E-state index contributed by atoms with van der Waals surface area (Å²) in [5, 5.41) is 0. The molecule has 2 N–H and O–H groups in total. The number of nitrogens with two attached hydrogens (primary N) is 1. The van der Waals surface area contributed by atoms with Crippen LogP contribution in [0.5, 0.6) is 0 Å². The third-order valence-electron chi connectivity index (χ3n) is 3.60. The maximum atomic E-state index is 5.96. The second-order valence-corrected chi connectivity index (χ2v) is 4.87. The number of piperidine rings is 1. The minimum absolute atomic E-state index is 0.402. The van der Waals surface area contributed by atoms with Crippen LogP contribution in [-0.2, 0) is 13.5 Å². The first-order chi connectivity index (χ1) is 7.66. The standard InChI is InChI=1S/C12H22N4/c1-10-9-11(13)3-6-16(10)7-4-12-14-5-8-15(12)2/h5,8,10-11H,3-4,6-7,9,13H2,1-2H3. The van der Waals surface area contributed by atoms with E-state index in [4.69, 9.17) is 5.73 Å². The molecule has 1 fully saturated rings. The van der Waals surface area contributed by atoms with Crippen LogP contribution in [0, 0.1) is 0 Å². The summed E-state index contributed by atoms with van der Waals surface area (Å²) in [4.78, 5) is 6.88. The lowest BCUT2D eigenvalue weighted by Gasteiger charge is -2.36. The molecule has 1 aliphatic rings. The van der Waals surface area contributed by atoms with Crippen molar-refractivity contribution in [2.45, 2.75) is 38.3 Å². The number of nitrogens with zero attached hydrogens (tertiary/aromatic N) is 3. The van der Waals surface area contributed by atoms with E-state index in [1.54, 1.807) is 0 Å². The number of imidazole rings is 1. The van der Waals surface area contributed by atoms with E-state index in [-0.39, 0.29) is 0 Å². The fourth-order valence-electron chi connectivity index (χ4n) is 2.47. The van der Waals surface area contributed by atoms with Gasteiger partial charge in [0.2, 0.25) is 0 Å². The number of hydrogen-bond donors (Lipinski definition) is 1. The van der Waals surface area contributed by atoms with Crippen LogP contribution < -0.4 is 5.73 Å². The minimum Gasteiger partial charge on any atom is -0.338 e. The van der Waals surface area contributed by atoms with Crippen molar-refractivity contribution in [3.63, 3.8) is 0 Å². The molecule has 2 unspecified atom stereocenters. The molecular formula is C12H22N4. The monoisotopic (exact) mass is 222 g/mol. The maximum Gasteiger partial charge on any atom is 0.109 e. The highest BCUT2D eigenvalue weighted by Gasteiger charge is 2.22. The average molecular weight is 222 g/mol. The fraction of sp³-hybridized carbons (Fsp3) is 0.750. The second kappa shape index (κ2) is 4.97. The van der Waals surface area contributed by atoms with E-state index < -0.39 is 0 Å². The summed E-state index contributed by atoms with van der Waals surface area (Å²) in [6, 6.07) is 1.02. The smallest absolute Gasteiger partial charge is 0.109 e. The van der Waals surface area contributed by atoms with Crippen LogP contribution in [0.2, 0.25) is 0 Å². The molecule has 1 aromatic heterocycles. The van der Waals surface area contributed by atoms with E-state index in [9.17, 15) is 0 Å². The van der Waals surface area contributed by atoms with Crippen molar-refractivity contribution in [1.29, 1.82) is 0 Å². The molecule has 0 aromatic carbocycles. The largest absolute Gasteiger partial charge is 0.338 e. The molecule has 4 heteroatoms. The highest BCUT2D eigenvalue weighted by atomic mass is 15.2. The molecule has 0 aliphatic carbocycles. The Bertz CT molecular complexity index is 334. The van der Waals surface area contributed by atoms with Crippen molar-refractivity contribution < 1.29 is 0 Å². The molecule has 4 nitrogen and oxygen atoms in total. The van der Waals surface area contributed by atoms with E-state index in [2.05, 4.69) is 28.4 Å². The van der Waals surface area contributed by atoms with Gasteiger partial charge in [0.1, 0.15) is 5.82 Å². The predicted molar refractivity (Wildman–Crippen MR) is 65.2 cm³/mol. The molecule has 0 spiro atoms. The molecule has 1 aliphatic heterocycles. The summed E-state index contributed by atoms with van der Waals surface area (Å²) in [6.07, 6.45) is 7.16. The Morgan fingerprint density at radius 2 is 2.38 bits per heavy atom. The molecule has 0 amide bonds. The molecule has 1 aromatic rings. The Hall–Kier alpha value is -0.870. The van der Waals surface area contributed by atoms with E-state index in [1.807, 2.05) is 12.4 Å². The van der Waals surface area contributed by atoms with Crippen molar-refractivity contribution >= 4 is 0 Å². The van der Waals surface area contributed by atoms with Crippen molar-refractivity contribution in [2.75, 3.05) is 13.1 Å². The van der Waals surface area contributed by atoms with Gasteiger partial charge in [0.05, 0.1) is 0 Å². The zero-order chi connectivity index (χ0) is 11.5. The van der Waals surface area contributed by atoms with Crippen molar-refractivity contribution in [2.24, 2.45) is 12.8 Å².